The van der Waals surface area contributed by atoms with Crippen LogP contribution in [0.2, 0.25) is 10.0 Å². The molecule has 0 spiro atoms. The number of hydrogen-bond acceptors (Lipinski definition) is 3. The van der Waals surface area contributed by atoms with Gasteiger partial charge in [0.2, 0.25) is 5.91 Å². The van der Waals surface area contributed by atoms with Crippen molar-refractivity contribution in [3.05, 3.63) is 57.5 Å². The van der Waals surface area contributed by atoms with E-state index in [1.807, 2.05) is 32.0 Å². The van der Waals surface area contributed by atoms with Crippen LogP contribution in [0.4, 0.5) is 0 Å². The summed E-state index contributed by atoms with van der Waals surface area (Å²) in [6.07, 6.45) is 0. The third kappa shape index (κ3) is 4.99. The third-order valence-electron chi connectivity index (χ3n) is 3.58. The maximum absolute atomic E-state index is 12.2. The predicted octanol–water partition coefficient (Wildman–Crippen LogP) is 4.20. The zero-order valence-electron chi connectivity index (χ0n) is 13.4. The van der Waals surface area contributed by atoms with Crippen molar-refractivity contribution in [1.82, 2.24) is 10.2 Å². The van der Waals surface area contributed by atoms with Crippen molar-refractivity contribution in [3.8, 4) is 0 Å². The van der Waals surface area contributed by atoms with Crippen molar-refractivity contribution in [3.63, 3.8) is 0 Å². The summed E-state index contributed by atoms with van der Waals surface area (Å²) in [5.74, 6) is 1.67. The largest absolute Gasteiger partial charge is 0.465 e. The maximum atomic E-state index is 12.2. The molecule has 1 unspecified atom stereocenters. The topological polar surface area (TPSA) is 45.5 Å². The number of rotatable bonds is 6. The van der Waals surface area contributed by atoms with Gasteiger partial charge in [-0.1, -0.05) is 29.3 Å². The number of benzene rings is 1. The number of amides is 1. The van der Waals surface area contributed by atoms with E-state index in [0.29, 0.717) is 16.6 Å². The predicted molar refractivity (Wildman–Crippen MR) is 92.8 cm³/mol. The first kappa shape index (κ1) is 17.9. The number of hydrogen-bond donors (Lipinski definition) is 1. The van der Waals surface area contributed by atoms with Crippen molar-refractivity contribution in [1.29, 1.82) is 0 Å². The Bertz CT molecular complexity index is 685. The molecule has 2 rings (SSSR count). The molecule has 4 nitrogen and oxygen atoms in total. The second-order valence-electron chi connectivity index (χ2n) is 5.55. The normalized spacial score (nSPS) is 12.2. The number of nitrogens with one attached hydrogen (secondary N) is 1. The Morgan fingerprint density at radius 1 is 1.26 bits per heavy atom. The Hall–Kier alpha value is -1.49. The fourth-order valence-electron chi connectivity index (χ4n) is 2.16. The summed E-state index contributed by atoms with van der Waals surface area (Å²) in [6.45, 7) is 4.57. The zero-order valence-corrected chi connectivity index (χ0v) is 14.9. The molecule has 23 heavy (non-hydrogen) atoms. The van der Waals surface area contributed by atoms with Gasteiger partial charge in [-0.05, 0) is 43.7 Å². The van der Waals surface area contributed by atoms with Crippen LogP contribution in [0.15, 0.2) is 34.7 Å². The van der Waals surface area contributed by atoms with Crippen LogP contribution < -0.4 is 5.32 Å². The highest BCUT2D eigenvalue weighted by atomic mass is 35.5. The van der Waals surface area contributed by atoms with Crippen molar-refractivity contribution in [2.45, 2.75) is 26.4 Å². The van der Waals surface area contributed by atoms with Crippen LogP contribution in [-0.2, 0) is 11.3 Å². The van der Waals surface area contributed by atoms with Gasteiger partial charge in [0, 0.05) is 13.6 Å². The van der Waals surface area contributed by atoms with Gasteiger partial charge >= 0.3 is 0 Å². The van der Waals surface area contributed by atoms with Crippen molar-refractivity contribution >= 4 is 29.1 Å². The number of aryl methyl sites for hydroxylation is 1. The van der Waals surface area contributed by atoms with Gasteiger partial charge in [-0.25, -0.2) is 0 Å². The highest BCUT2D eigenvalue weighted by molar-refractivity contribution is 6.42. The van der Waals surface area contributed by atoms with E-state index in [0.717, 1.165) is 17.1 Å². The summed E-state index contributed by atoms with van der Waals surface area (Å²) >= 11 is 11.9. The van der Waals surface area contributed by atoms with E-state index < -0.39 is 0 Å². The quantitative estimate of drug-likeness (QED) is 0.845. The summed E-state index contributed by atoms with van der Waals surface area (Å²) < 4.78 is 5.54. The number of likely N-dealkylation sites (N-methyl/N-ethyl adjacent to an activating group) is 1. The summed E-state index contributed by atoms with van der Waals surface area (Å²) in [5, 5.41) is 4.17. The van der Waals surface area contributed by atoms with E-state index in [2.05, 4.69) is 5.32 Å². The van der Waals surface area contributed by atoms with Gasteiger partial charge in [0.05, 0.1) is 22.6 Å². The monoisotopic (exact) mass is 354 g/mol. The van der Waals surface area contributed by atoms with Crippen molar-refractivity contribution < 1.29 is 9.21 Å². The van der Waals surface area contributed by atoms with Crippen LogP contribution >= 0.6 is 23.2 Å². The van der Waals surface area contributed by atoms with E-state index in [4.69, 9.17) is 27.6 Å². The second kappa shape index (κ2) is 7.86. The summed E-state index contributed by atoms with van der Waals surface area (Å²) in [5.41, 5.74) is 0.935. The summed E-state index contributed by atoms with van der Waals surface area (Å²) in [4.78, 5) is 13.9. The lowest BCUT2D eigenvalue weighted by molar-refractivity contribution is -0.129. The van der Waals surface area contributed by atoms with Gasteiger partial charge in [0.1, 0.15) is 11.5 Å². The Morgan fingerprint density at radius 2 is 2.00 bits per heavy atom. The standard InChI is InChI=1S/C17H20Cl2N2O2/c1-11-4-7-16(23-11)12(2)20-9-17(22)21(3)10-13-5-6-14(18)15(19)8-13/h4-8,12,20H,9-10H2,1-3H3. The van der Waals surface area contributed by atoms with Crippen LogP contribution in [0.1, 0.15) is 30.0 Å². The molecule has 0 aliphatic carbocycles. The van der Waals surface area contributed by atoms with E-state index in [-0.39, 0.29) is 18.5 Å². The van der Waals surface area contributed by atoms with Gasteiger partial charge in [0.15, 0.2) is 0 Å². The second-order valence-corrected chi connectivity index (χ2v) is 6.36. The highest BCUT2D eigenvalue weighted by Crippen LogP contribution is 2.23. The molecule has 2 aromatic rings. The number of halogens is 2. The fourth-order valence-corrected chi connectivity index (χ4v) is 2.48. The molecule has 1 atom stereocenters. The van der Waals surface area contributed by atoms with Gasteiger partial charge in [0.25, 0.3) is 0 Å². The molecule has 0 saturated heterocycles. The Morgan fingerprint density at radius 3 is 2.61 bits per heavy atom. The van der Waals surface area contributed by atoms with Crippen molar-refractivity contribution in [2.75, 3.05) is 13.6 Å². The molecular weight excluding hydrogens is 335 g/mol. The SMILES string of the molecule is Cc1ccc(C(C)NCC(=O)N(C)Cc2ccc(Cl)c(Cl)c2)o1. The first-order chi connectivity index (χ1) is 10.9. The number of carbonyl (C=O) groups excluding carboxylic acids is 1. The number of carbonyl (C=O) groups is 1. The van der Waals surface area contributed by atoms with Gasteiger partial charge in [-0.3, -0.25) is 10.1 Å². The molecule has 1 aromatic carbocycles. The smallest absolute Gasteiger partial charge is 0.236 e. The molecule has 124 valence electrons. The minimum Gasteiger partial charge on any atom is -0.465 e. The molecule has 0 fully saturated rings. The summed E-state index contributed by atoms with van der Waals surface area (Å²) in [7, 11) is 1.76. The Labute approximate surface area is 146 Å². The van der Waals surface area contributed by atoms with Crippen LogP contribution in [0, 0.1) is 6.92 Å². The lowest BCUT2D eigenvalue weighted by atomic mass is 10.2. The molecule has 6 heteroatoms. The Balaban J connectivity index is 1.86. The molecule has 0 saturated carbocycles. The minimum atomic E-state index is -0.0222. The van der Waals surface area contributed by atoms with Crippen LogP contribution in [0.3, 0.4) is 0 Å². The molecule has 1 aromatic heterocycles. The van der Waals surface area contributed by atoms with E-state index in [1.54, 1.807) is 24.1 Å². The molecule has 0 radical (unpaired) electrons. The van der Waals surface area contributed by atoms with Gasteiger partial charge < -0.3 is 9.32 Å². The van der Waals surface area contributed by atoms with E-state index >= 15 is 0 Å². The highest BCUT2D eigenvalue weighted by Gasteiger charge is 2.14. The summed E-state index contributed by atoms with van der Waals surface area (Å²) in [6, 6.07) is 9.17. The molecule has 0 bridgehead atoms. The number of nitrogens with zero attached hydrogens (tertiary/aromatic N) is 1. The van der Waals surface area contributed by atoms with Gasteiger partial charge in [-0.2, -0.15) is 0 Å². The third-order valence-corrected chi connectivity index (χ3v) is 4.32. The lowest BCUT2D eigenvalue weighted by Crippen LogP contribution is -2.36. The van der Waals surface area contributed by atoms with Crippen LogP contribution in [0.5, 0.6) is 0 Å². The zero-order chi connectivity index (χ0) is 17.0. The molecule has 1 N–H and O–H groups in total. The van der Waals surface area contributed by atoms with Crippen LogP contribution in [-0.4, -0.2) is 24.4 Å². The van der Waals surface area contributed by atoms with E-state index in [9.17, 15) is 4.79 Å². The van der Waals surface area contributed by atoms with E-state index in [1.165, 1.54) is 0 Å². The lowest BCUT2D eigenvalue weighted by Gasteiger charge is -2.19. The van der Waals surface area contributed by atoms with Gasteiger partial charge in [-0.15, -0.1) is 0 Å². The maximum Gasteiger partial charge on any atom is 0.236 e. The minimum absolute atomic E-state index is 0.00815. The Kier molecular flexibility index (Phi) is 6.10. The fraction of sp³-hybridized carbons (Fsp3) is 0.353. The molecule has 0 aliphatic heterocycles. The molecule has 1 heterocycles. The number of furan rings is 1. The molecule has 0 aliphatic rings. The average Bonchev–Trinajstić information content (AvgIpc) is 2.94. The molecular formula is C17H20Cl2N2O2. The first-order valence-corrected chi connectivity index (χ1v) is 8.10. The molecule has 1 amide bonds. The average molecular weight is 355 g/mol. The van der Waals surface area contributed by atoms with Crippen LogP contribution in [0.25, 0.3) is 0 Å². The first-order valence-electron chi connectivity index (χ1n) is 7.34. The van der Waals surface area contributed by atoms with Crippen molar-refractivity contribution in [2.24, 2.45) is 0 Å².